The monoisotopic (exact) mass is 425 g/mol. The molecule has 0 saturated carbocycles. The van der Waals surface area contributed by atoms with E-state index in [4.69, 9.17) is 4.52 Å². The highest BCUT2D eigenvalue weighted by molar-refractivity contribution is 7.99. The van der Waals surface area contributed by atoms with Crippen molar-refractivity contribution in [1.29, 1.82) is 0 Å². The Morgan fingerprint density at radius 3 is 2.57 bits per heavy atom. The molecule has 1 aliphatic heterocycles. The molecule has 4 rings (SSSR count). The topological polar surface area (TPSA) is 75.4 Å². The molecule has 2 amide bonds. The highest BCUT2D eigenvalue weighted by Crippen LogP contribution is 2.23. The maximum absolute atomic E-state index is 13.9. The number of halogens is 1. The van der Waals surface area contributed by atoms with Crippen LogP contribution in [-0.2, 0) is 11.2 Å². The van der Waals surface area contributed by atoms with Crippen molar-refractivity contribution in [3.63, 3.8) is 0 Å². The molecule has 0 aliphatic carbocycles. The summed E-state index contributed by atoms with van der Waals surface area (Å²) < 4.78 is 19.0. The third-order valence-electron chi connectivity index (χ3n) is 4.81. The van der Waals surface area contributed by atoms with Crippen LogP contribution in [-0.4, -0.2) is 46.5 Å². The van der Waals surface area contributed by atoms with E-state index in [-0.39, 0.29) is 22.9 Å². The first kappa shape index (κ1) is 20.2. The molecule has 30 heavy (non-hydrogen) atoms. The summed E-state index contributed by atoms with van der Waals surface area (Å²) >= 11 is 1.86. The molecular formula is C22H20FN3O3S. The number of thioether (sulfide) groups is 1. The average molecular weight is 425 g/mol. The van der Waals surface area contributed by atoms with E-state index in [2.05, 4.69) is 10.5 Å². The highest BCUT2D eigenvalue weighted by atomic mass is 32.2. The average Bonchev–Trinajstić information content (AvgIpc) is 3.26. The number of hydrogen-bond acceptors (Lipinski definition) is 5. The molecule has 1 aliphatic rings. The first-order valence-corrected chi connectivity index (χ1v) is 10.7. The second kappa shape index (κ2) is 9.13. The number of hydrogen-bond donors (Lipinski definition) is 1. The summed E-state index contributed by atoms with van der Waals surface area (Å²) in [6.45, 7) is 1.59. The summed E-state index contributed by atoms with van der Waals surface area (Å²) in [4.78, 5) is 26.7. The molecule has 1 aromatic heterocycles. The second-order valence-corrected chi connectivity index (χ2v) is 8.10. The third-order valence-corrected chi connectivity index (χ3v) is 5.76. The minimum absolute atomic E-state index is 0.0514. The molecule has 1 N–H and O–H groups in total. The van der Waals surface area contributed by atoms with Gasteiger partial charge >= 0.3 is 0 Å². The predicted molar refractivity (Wildman–Crippen MR) is 114 cm³/mol. The molecule has 6 nitrogen and oxygen atoms in total. The van der Waals surface area contributed by atoms with Gasteiger partial charge in [-0.3, -0.25) is 9.59 Å². The Morgan fingerprint density at radius 1 is 1.10 bits per heavy atom. The van der Waals surface area contributed by atoms with Crippen molar-refractivity contribution >= 4 is 29.3 Å². The van der Waals surface area contributed by atoms with Gasteiger partial charge in [0.05, 0.1) is 12.0 Å². The number of rotatable bonds is 5. The number of nitrogens with zero attached hydrogens (tertiary/aromatic N) is 2. The minimum Gasteiger partial charge on any atom is -0.355 e. The van der Waals surface area contributed by atoms with Gasteiger partial charge in [-0.15, -0.1) is 0 Å². The van der Waals surface area contributed by atoms with Crippen molar-refractivity contribution in [2.75, 3.05) is 29.9 Å². The molecule has 1 saturated heterocycles. The van der Waals surface area contributed by atoms with Gasteiger partial charge in [0.2, 0.25) is 5.91 Å². The Balaban J connectivity index is 1.37. The first-order valence-electron chi connectivity index (χ1n) is 9.57. The van der Waals surface area contributed by atoms with Gasteiger partial charge in [0.15, 0.2) is 11.5 Å². The lowest BCUT2D eigenvalue weighted by Gasteiger charge is -2.26. The van der Waals surface area contributed by atoms with Gasteiger partial charge in [-0.25, -0.2) is 4.39 Å². The fourth-order valence-electron chi connectivity index (χ4n) is 3.17. The Hall–Kier alpha value is -3.13. The summed E-state index contributed by atoms with van der Waals surface area (Å²) in [7, 11) is 0. The van der Waals surface area contributed by atoms with Crippen molar-refractivity contribution in [2.24, 2.45) is 0 Å². The zero-order chi connectivity index (χ0) is 20.9. The maximum Gasteiger partial charge on any atom is 0.277 e. The van der Waals surface area contributed by atoms with Crippen molar-refractivity contribution in [2.45, 2.75) is 6.42 Å². The quantitative estimate of drug-likeness (QED) is 0.672. The van der Waals surface area contributed by atoms with Crippen LogP contribution in [0, 0.1) is 5.82 Å². The van der Waals surface area contributed by atoms with Crippen LogP contribution in [0.4, 0.5) is 10.1 Å². The van der Waals surface area contributed by atoms with Crippen LogP contribution in [0.15, 0.2) is 59.1 Å². The molecule has 3 aromatic rings. The largest absolute Gasteiger partial charge is 0.355 e. The smallest absolute Gasteiger partial charge is 0.277 e. The number of benzene rings is 2. The molecule has 154 valence electrons. The second-order valence-electron chi connectivity index (χ2n) is 6.88. The van der Waals surface area contributed by atoms with Crippen molar-refractivity contribution in [3.8, 4) is 11.3 Å². The van der Waals surface area contributed by atoms with E-state index in [0.29, 0.717) is 12.1 Å². The van der Waals surface area contributed by atoms with E-state index >= 15 is 0 Å². The summed E-state index contributed by atoms with van der Waals surface area (Å²) in [5, 5.41) is 6.46. The summed E-state index contributed by atoms with van der Waals surface area (Å²) in [5.41, 5.74) is 1.75. The zero-order valence-corrected chi connectivity index (χ0v) is 17.0. The number of nitrogens with one attached hydrogen (secondary N) is 1. The summed E-state index contributed by atoms with van der Waals surface area (Å²) in [5.74, 6) is 1.36. The van der Waals surface area contributed by atoms with Crippen LogP contribution in [0.2, 0.25) is 0 Å². The van der Waals surface area contributed by atoms with Gasteiger partial charge in [-0.1, -0.05) is 29.4 Å². The minimum atomic E-state index is -0.462. The Morgan fingerprint density at radius 2 is 1.83 bits per heavy atom. The molecule has 0 atom stereocenters. The van der Waals surface area contributed by atoms with Crippen LogP contribution in [0.3, 0.4) is 0 Å². The first-order chi connectivity index (χ1) is 14.6. The van der Waals surface area contributed by atoms with E-state index in [1.54, 1.807) is 30.3 Å². The van der Waals surface area contributed by atoms with E-state index in [9.17, 15) is 14.0 Å². The molecule has 0 radical (unpaired) electrons. The predicted octanol–water partition coefficient (Wildman–Crippen LogP) is 3.85. The lowest BCUT2D eigenvalue weighted by atomic mass is 10.1. The number of amides is 2. The number of carbonyl (C=O) groups is 2. The molecule has 0 unspecified atom stereocenters. The lowest BCUT2D eigenvalue weighted by Crippen LogP contribution is -2.38. The van der Waals surface area contributed by atoms with Crippen molar-refractivity contribution in [1.82, 2.24) is 10.1 Å². The van der Waals surface area contributed by atoms with Crippen LogP contribution in [0.25, 0.3) is 11.3 Å². The van der Waals surface area contributed by atoms with E-state index in [1.807, 2.05) is 28.8 Å². The molecule has 0 spiro atoms. The Kier molecular flexibility index (Phi) is 6.13. The molecule has 0 bridgehead atoms. The van der Waals surface area contributed by atoms with Gasteiger partial charge in [0, 0.05) is 36.3 Å². The highest BCUT2D eigenvalue weighted by Gasteiger charge is 2.18. The number of aromatic nitrogens is 1. The van der Waals surface area contributed by atoms with Gasteiger partial charge in [0.25, 0.3) is 5.91 Å². The van der Waals surface area contributed by atoms with Gasteiger partial charge in [-0.2, -0.15) is 11.8 Å². The SMILES string of the molecule is O=C(Nc1ccc(CC(=O)N2CCSCC2)cc1)c1cc(-c2ccccc2F)on1. The maximum atomic E-state index is 13.9. The Bertz CT molecular complexity index is 1050. The van der Waals surface area contributed by atoms with Crippen LogP contribution < -0.4 is 5.32 Å². The van der Waals surface area contributed by atoms with Gasteiger partial charge in [-0.05, 0) is 29.8 Å². The summed E-state index contributed by atoms with van der Waals surface area (Å²) in [6.07, 6.45) is 0.341. The van der Waals surface area contributed by atoms with Crippen molar-refractivity contribution < 1.29 is 18.5 Å². The van der Waals surface area contributed by atoms with E-state index in [1.165, 1.54) is 12.1 Å². The fourth-order valence-corrected chi connectivity index (χ4v) is 4.07. The van der Waals surface area contributed by atoms with Crippen LogP contribution >= 0.6 is 11.8 Å². The normalized spacial score (nSPS) is 13.8. The number of carbonyl (C=O) groups excluding carboxylic acids is 2. The molecule has 1 fully saturated rings. The standard InChI is InChI=1S/C22H20FN3O3S/c23-18-4-2-1-3-17(18)20-14-19(25-29-20)22(28)24-16-7-5-15(6-8-16)13-21(27)26-9-11-30-12-10-26/h1-8,14H,9-13H2,(H,24,28). The van der Waals surface area contributed by atoms with Crippen molar-refractivity contribution in [3.05, 3.63) is 71.7 Å². The zero-order valence-electron chi connectivity index (χ0n) is 16.1. The van der Waals surface area contributed by atoms with E-state index in [0.717, 1.165) is 30.2 Å². The van der Waals surface area contributed by atoms with E-state index < -0.39 is 11.7 Å². The van der Waals surface area contributed by atoms with Crippen LogP contribution in [0.5, 0.6) is 0 Å². The van der Waals surface area contributed by atoms with Gasteiger partial charge in [0.1, 0.15) is 5.82 Å². The lowest BCUT2D eigenvalue weighted by molar-refractivity contribution is -0.130. The molecule has 2 aromatic carbocycles. The molecule has 8 heteroatoms. The fraction of sp³-hybridized carbons (Fsp3) is 0.227. The number of anilines is 1. The molecule has 2 heterocycles. The Labute approximate surface area is 177 Å². The third kappa shape index (κ3) is 4.71. The summed E-state index contributed by atoms with van der Waals surface area (Å²) in [6, 6.07) is 14.6. The van der Waals surface area contributed by atoms with Gasteiger partial charge < -0.3 is 14.7 Å². The molecular weight excluding hydrogens is 405 g/mol. The van der Waals surface area contributed by atoms with Crippen LogP contribution in [0.1, 0.15) is 16.1 Å².